The van der Waals surface area contributed by atoms with Gasteiger partial charge in [-0.05, 0) is 30.3 Å². The van der Waals surface area contributed by atoms with Crippen LogP contribution in [0.15, 0.2) is 59.1 Å². The van der Waals surface area contributed by atoms with Crippen LogP contribution in [0.25, 0.3) is 11.3 Å². The van der Waals surface area contributed by atoms with E-state index in [2.05, 4.69) is 10.5 Å². The van der Waals surface area contributed by atoms with E-state index in [0.29, 0.717) is 0 Å². The van der Waals surface area contributed by atoms with Crippen LogP contribution >= 0.6 is 0 Å². The highest BCUT2D eigenvalue weighted by Crippen LogP contribution is 2.24. The third-order valence-electron chi connectivity index (χ3n) is 3.31. The van der Waals surface area contributed by atoms with E-state index in [1.807, 2.05) is 0 Å². The van der Waals surface area contributed by atoms with Crippen LogP contribution in [-0.2, 0) is 0 Å². The molecule has 24 heavy (non-hydrogen) atoms. The van der Waals surface area contributed by atoms with E-state index >= 15 is 0 Å². The summed E-state index contributed by atoms with van der Waals surface area (Å²) in [4.78, 5) is 23.3. The number of halogens is 1. The highest BCUT2D eigenvalue weighted by Gasteiger charge is 2.14. The molecule has 3 aromatic rings. The number of nitrogens with zero attached hydrogens (tertiary/aromatic N) is 1. The molecule has 120 valence electrons. The number of nitrogens with one attached hydrogen (secondary N) is 1. The van der Waals surface area contributed by atoms with Crippen LogP contribution in [0.2, 0.25) is 0 Å². The van der Waals surface area contributed by atoms with Crippen molar-refractivity contribution in [3.05, 3.63) is 71.5 Å². The lowest BCUT2D eigenvalue weighted by Gasteiger charge is -2.02. The number of aromatic nitrogens is 1. The van der Waals surface area contributed by atoms with Crippen molar-refractivity contribution < 1.29 is 18.5 Å². The van der Waals surface area contributed by atoms with Crippen molar-refractivity contribution in [2.45, 2.75) is 0 Å². The van der Waals surface area contributed by atoms with Gasteiger partial charge in [0.2, 0.25) is 11.8 Å². The molecule has 6 nitrogen and oxygen atoms in total. The maximum atomic E-state index is 13.7. The van der Waals surface area contributed by atoms with Crippen molar-refractivity contribution in [1.82, 2.24) is 5.16 Å². The summed E-state index contributed by atoms with van der Waals surface area (Å²) >= 11 is 0. The van der Waals surface area contributed by atoms with E-state index in [1.54, 1.807) is 24.3 Å². The zero-order valence-electron chi connectivity index (χ0n) is 12.3. The van der Waals surface area contributed by atoms with Crippen molar-refractivity contribution in [2.75, 3.05) is 5.32 Å². The second kappa shape index (κ2) is 6.33. The molecule has 2 amide bonds. The molecule has 0 saturated carbocycles. The number of nitrogens with two attached hydrogens (primary N) is 1. The fraction of sp³-hybridized carbons (Fsp3) is 0. The molecule has 1 heterocycles. The number of amides is 2. The number of carbonyl (C=O) groups is 2. The van der Waals surface area contributed by atoms with Crippen LogP contribution in [0.1, 0.15) is 20.7 Å². The molecule has 7 heteroatoms. The van der Waals surface area contributed by atoms with E-state index in [1.165, 1.54) is 30.3 Å². The Morgan fingerprint density at radius 2 is 1.79 bits per heavy atom. The van der Waals surface area contributed by atoms with Gasteiger partial charge in [0.15, 0.2) is 0 Å². The molecule has 0 bridgehead atoms. The zero-order chi connectivity index (χ0) is 17.1. The SMILES string of the molecule is NC(=O)c1cccc(C(=O)Nc2cc(-c3ccccc3F)no2)c1. The van der Waals surface area contributed by atoms with Gasteiger partial charge in [0.25, 0.3) is 5.91 Å². The molecule has 0 unspecified atom stereocenters. The van der Waals surface area contributed by atoms with Crippen LogP contribution < -0.4 is 11.1 Å². The maximum Gasteiger partial charge on any atom is 0.258 e. The second-order valence-electron chi connectivity index (χ2n) is 4.96. The first kappa shape index (κ1) is 15.4. The largest absolute Gasteiger partial charge is 0.366 e. The second-order valence-corrected chi connectivity index (χ2v) is 4.96. The topological polar surface area (TPSA) is 98.2 Å². The van der Waals surface area contributed by atoms with E-state index < -0.39 is 17.6 Å². The van der Waals surface area contributed by atoms with Crippen LogP contribution in [0.3, 0.4) is 0 Å². The zero-order valence-corrected chi connectivity index (χ0v) is 12.3. The lowest BCUT2D eigenvalue weighted by molar-refractivity contribution is 0.1000. The summed E-state index contributed by atoms with van der Waals surface area (Å²) < 4.78 is 18.7. The first-order valence-corrected chi connectivity index (χ1v) is 6.97. The number of anilines is 1. The minimum Gasteiger partial charge on any atom is -0.366 e. The monoisotopic (exact) mass is 325 g/mol. The van der Waals surface area contributed by atoms with Crippen LogP contribution in [0.5, 0.6) is 0 Å². The van der Waals surface area contributed by atoms with E-state index in [-0.39, 0.29) is 28.3 Å². The van der Waals surface area contributed by atoms with Gasteiger partial charge < -0.3 is 10.3 Å². The van der Waals surface area contributed by atoms with Gasteiger partial charge in [-0.15, -0.1) is 0 Å². The minimum atomic E-state index is -0.633. The Morgan fingerprint density at radius 3 is 2.54 bits per heavy atom. The van der Waals surface area contributed by atoms with Crippen molar-refractivity contribution in [1.29, 1.82) is 0 Å². The Bertz CT molecular complexity index is 921. The number of primary amides is 1. The normalized spacial score (nSPS) is 10.4. The third kappa shape index (κ3) is 3.14. The van der Waals surface area contributed by atoms with E-state index in [0.717, 1.165) is 0 Å². The molecule has 1 aromatic heterocycles. The predicted octanol–water partition coefficient (Wildman–Crippen LogP) is 2.83. The molecule has 0 aliphatic heterocycles. The van der Waals surface area contributed by atoms with Gasteiger partial charge in [0.05, 0.1) is 0 Å². The van der Waals surface area contributed by atoms with Crippen molar-refractivity contribution in [3.63, 3.8) is 0 Å². The number of carbonyl (C=O) groups excluding carboxylic acids is 2. The van der Waals surface area contributed by atoms with Gasteiger partial charge in [0, 0.05) is 22.8 Å². The average molecular weight is 325 g/mol. The van der Waals surface area contributed by atoms with Gasteiger partial charge in [-0.3, -0.25) is 14.9 Å². The summed E-state index contributed by atoms with van der Waals surface area (Å²) in [6.07, 6.45) is 0. The Balaban J connectivity index is 1.80. The molecule has 0 saturated heterocycles. The van der Waals surface area contributed by atoms with Crippen molar-refractivity contribution >= 4 is 17.7 Å². The quantitative estimate of drug-likeness (QED) is 0.770. The number of hydrogen-bond donors (Lipinski definition) is 2. The maximum absolute atomic E-state index is 13.7. The van der Waals surface area contributed by atoms with Crippen LogP contribution in [0.4, 0.5) is 10.3 Å². The molecule has 0 atom stereocenters. The molecule has 2 aromatic carbocycles. The summed E-state index contributed by atoms with van der Waals surface area (Å²) in [7, 11) is 0. The molecule has 3 N–H and O–H groups in total. The minimum absolute atomic E-state index is 0.0581. The Kier molecular flexibility index (Phi) is 4.07. The average Bonchev–Trinajstić information content (AvgIpc) is 3.03. The summed E-state index contributed by atoms with van der Waals surface area (Å²) in [5, 5.41) is 6.23. The lowest BCUT2D eigenvalue weighted by Crippen LogP contribution is -2.15. The summed E-state index contributed by atoms with van der Waals surface area (Å²) in [5.74, 6) is -1.53. The van der Waals surface area contributed by atoms with Gasteiger partial charge in [-0.2, -0.15) is 0 Å². The fourth-order valence-corrected chi connectivity index (χ4v) is 2.13. The summed E-state index contributed by atoms with van der Waals surface area (Å²) in [6, 6.07) is 13.4. The fourth-order valence-electron chi connectivity index (χ4n) is 2.13. The molecule has 0 aliphatic carbocycles. The highest BCUT2D eigenvalue weighted by atomic mass is 19.1. The molecule has 3 rings (SSSR count). The number of rotatable bonds is 4. The van der Waals surface area contributed by atoms with Crippen LogP contribution in [0, 0.1) is 5.82 Å². The smallest absolute Gasteiger partial charge is 0.258 e. The molecule has 0 fully saturated rings. The summed E-state index contributed by atoms with van der Waals surface area (Å²) in [6.45, 7) is 0. The van der Waals surface area contributed by atoms with Gasteiger partial charge in [-0.25, -0.2) is 4.39 Å². The highest BCUT2D eigenvalue weighted by molar-refractivity contribution is 6.05. The predicted molar refractivity (Wildman–Crippen MR) is 84.8 cm³/mol. The lowest BCUT2D eigenvalue weighted by atomic mass is 10.1. The number of benzene rings is 2. The molecule has 0 radical (unpaired) electrons. The first-order valence-electron chi connectivity index (χ1n) is 6.97. The third-order valence-corrected chi connectivity index (χ3v) is 3.31. The molecular weight excluding hydrogens is 313 g/mol. The summed E-state index contributed by atoms with van der Waals surface area (Å²) in [5.41, 5.74) is 6.15. The van der Waals surface area contributed by atoms with Gasteiger partial charge in [0.1, 0.15) is 11.5 Å². The Morgan fingerprint density at radius 1 is 1.04 bits per heavy atom. The number of hydrogen-bond acceptors (Lipinski definition) is 4. The van der Waals surface area contributed by atoms with E-state index in [4.69, 9.17) is 10.3 Å². The van der Waals surface area contributed by atoms with Crippen molar-refractivity contribution in [2.24, 2.45) is 5.73 Å². The standard InChI is InChI=1S/C17H12FN3O3/c18-13-7-2-1-6-12(13)14-9-15(24-21-14)20-17(23)11-5-3-4-10(8-11)16(19)22/h1-9H,(H2,19,22)(H,20,23). The first-order chi connectivity index (χ1) is 11.5. The van der Waals surface area contributed by atoms with Gasteiger partial charge in [-0.1, -0.05) is 23.4 Å². The molecular formula is C17H12FN3O3. The molecule has 0 spiro atoms. The van der Waals surface area contributed by atoms with Gasteiger partial charge >= 0.3 is 0 Å². The van der Waals surface area contributed by atoms with Crippen LogP contribution in [-0.4, -0.2) is 17.0 Å². The molecule has 0 aliphatic rings. The van der Waals surface area contributed by atoms with Crippen molar-refractivity contribution in [3.8, 4) is 11.3 Å². The Hall–Kier alpha value is -3.48. The van der Waals surface area contributed by atoms with E-state index in [9.17, 15) is 14.0 Å². The Labute approximate surface area is 136 Å².